The molecule has 0 radical (unpaired) electrons. The first-order chi connectivity index (χ1) is 11.5. The lowest BCUT2D eigenvalue weighted by Gasteiger charge is -2.44. The lowest BCUT2D eigenvalue weighted by atomic mass is 9.86. The van der Waals surface area contributed by atoms with Crippen molar-refractivity contribution < 1.29 is 9.84 Å². The summed E-state index contributed by atoms with van der Waals surface area (Å²) < 4.78 is 5.35. The molecule has 1 aromatic heterocycles. The second-order valence-electron chi connectivity index (χ2n) is 7.28. The Balaban J connectivity index is 1.70. The molecule has 0 saturated carbocycles. The molecule has 0 aliphatic carbocycles. The number of aliphatic hydroxyl groups is 1. The number of thiophene rings is 1. The zero-order valence-electron chi connectivity index (χ0n) is 14.8. The molecule has 0 atom stereocenters. The van der Waals surface area contributed by atoms with Gasteiger partial charge < -0.3 is 9.84 Å². The lowest BCUT2D eigenvalue weighted by molar-refractivity contribution is -0.151. The van der Waals surface area contributed by atoms with Crippen LogP contribution < -0.4 is 0 Å². The van der Waals surface area contributed by atoms with Crippen LogP contribution in [0.15, 0.2) is 36.4 Å². The molecule has 130 valence electrons. The number of hydrogen-bond acceptors (Lipinski definition) is 4. The van der Waals surface area contributed by atoms with E-state index in [-0.39, 0.29) is 12.0 Å². The molecule has 1 aliphatic rings. The van der Waals surface area contributed by atoms with Crippen molar-refractivity contribution in [1.82, 2.24) is 4.90 Å². The standard InChI is InChI=1S/C20H27NO2S/c1-15(2)21(11-20(12-22)13-23-14-20)10-18-8-9-19(24-18)17-6-4-16(3)5-7-17/h4-9,15,22H,10-14H2,1-3H3. The van der Waals surface area contributed by atoms with Crippen molar-refractivity contribution in [2.24, 2.45) is 5.41 Å². The highest BCUT2D eigenvalue weighted by Gasteiger charge is 2.40. The predicted molar refractivity (Wildman–Crippen MR) is 100 cm³/mol. The van der Waals surface area contributed by atoms with E-state index in [1.54, 1.807) is 0 Å². The number of nitrogens with zero attached hydrogens (tertiary/aromatic N) is 1. The van der Waals surface area contributed by atoms with Crippen LogP contribution in [0.25, 0.3) is 10.4 Å². The first kappa shape index (κ1) is 17.6. The summed E-state index contributed by atoms with van der Waals surface area (Å²) in [4.78, 5) is 5.13. The van der Waals surface area contributed by atoms with Crippen LogP contribution in [0, 0.1) is 12.3 Å². The van der Waals surface area contributed by atoms with Gasteiger partial charge in [0.05, 0.1) is 25.2 Å². The van der Waals surface area contributed by atoms with E-state index >= 15 is 0 Å². The van der Waals surface area contributed by atoms with Gasteiger partial charge in [-0.1, -0.05) is 29.8 Å². The minimum atomic E-state index is -0.0681. The Labute approximate surface area is 148 Å². The van der Waals surface area contributed by atoms with Crippen LogP contribution >= 0.6 is 11.3 Å². The molecule has 1 aromatic carbocycles. The van der Waals surface area contributed by atoms with E-state index in [1.807, 2.05) is 11.3 Å². The molecule has 0 amide bonds. The van der Waals surface area contributed by atoms with Gasteiger partial charge in [0, 0.05) is 28.9 Å². The fourth-order valence-corrected chi connectivity index (χ4v) is 4.05. The molecule has 1 aliphatic heterocycles. The fourth-order valence-electron chi connectivity index (χ4n) is 3.01. The van der Waals surface area contributed by atoms with Gasteiger partial charge in [-0.2, -0.15) is 0 Å². The second kappa shape index (κ2) is 7.36. The highest BCUT2D eigenvalue weighted by atomic mass is 32.1. The Hall–Kier alpha value is -1.20. The monoisotopic (exact) mass is 345 g/mol. The van der Waals surface area contributed by atoms with Crippen LogP contribution in [0.5, 0.6) is 0 Å². The Kier molecular flexibility index (Phi) is 5.40. The fraction of sp³-hybridized carbons (Fsp3) is 0.500. The van der Waals surface area contributed by atoms with Gasteiger partial charge in [0.1, 0.15) is 0 Å². The van der Waals surface area contributed by atoms with Crippen LogP contribution in [0.3, 0.4) is 0 Å². The van der Waals surface area contributed by atoms with Crippen LogP contribution in [-0.4, -0.2) is 42.4 Å². The van der Waals surface area contributed by atoms with Gasteiger partial charge in [0.25, 0.3) is 0 Å². The molecule has 4 heteroatoms. The van der Waals surface area contributed by atoms with Crippen molar-refractivity contribution in [1.29, 1.82) is 0 Å². The highest BCUT2D eigenvalue weighted by molar-refractivity contribution is 7.15. The molecule has 1 fully saturated rings. The van der Waals surface area contributed by atoms with Gasteiger partial charge in [-0.3, -0.25) is 4.90 Å². The van der Waals surface area contributed by atoms with Crippen molar-refractivity contribution in [3.8, 4) is 10.4 Å². The van der Waals surface area contributed by atoms with Crippen molar-refractivity contribution in [2.45, 2.75) is 33.4 Å². The van der Waals surface area contributed by atoms with Crippen LogP contribution in [0.2, 0.25) is 0 Å². The van der Waals surface area contributed by atoms with Crippen LogP contribution in [0.4, 0.5) is 0 Å². The maximum absolute atomic E-state index is 9.70. The average Bonchev–Trinajstić information content (AvgIpc) is 2.99. The second-order valence-corrected chi connectivity index (χ2v) is 8.45. The minimum absolute atomic E-state index is 0.0681. The molecular formula is C20H27NO2S. The summed E-state index contributed by atoms with van der Waals surface area (Å²) in [5.74, 6) is 0. The zero-order valence-corrected chi connectivity index (χ0v) is 15.6. The SMILES string of the molecule is Cc1ccc(-c2ccc(CN(CC3(CO)COC3)C(C)C)s2)cc1. The quantitative estimate of drug-likeness (QED) is 0.825. The lowest BCUT2D eigenvalue weighted by Crippen LogP contribution is -2.54. The minimum Gasteiger partial charge on any atom is -0.396 e. The topological polar surface area (TPSA) is 32.7 Å². The van der Waals surface area contributed by atoms with E-state index in [4.69, 9.17) is 4.74 Å². The maximum Gasteiger partial charge on any atom is 0.0579 e. The molecule has 2 heterocycles. The molecule has 1 N–H and O–H groups in total. The third kappa shape index (κ3) is 3.89. The van der Waals surface area contributed by atoms with Crippen molar-refractivity contribution in [2.75, 3.05) is 26.4 Å². The Morgan fingerprint density at radius 3 is 2.42 bits per heavy atom. The smallest absolute Gasteiger partial charge is 0.0579 e. The largest absolute Gasteiger partial charge is 0.396 e. The molecule has 3 rings (SSSR count). The third-order valence-corrected chi connectivity index (χ3v) is 5.90. The molecular weight excluding hydrogens is 318 g/mol. The van der Waals surface area contributed by atoms with Crippen LogP contribution in [0.1, 0.15) is 24.3 Å². The first-order valence-electron chi connectivity index (χ1n) is 8.60. The van der Waals surface area contributed by atoms with Gasteiger partial charge in [0.2, 0.25) is 0 Å². The van der Waals surface area contributed by atoms with Gasteiger partial charge in [-0.15, -0.1) is 11.3 Å². The summed E-state index contributed by atoms with van der Waals surface area (Å²) in [6.07, 6.45) is 0. The zero-order chi connectivity index (χ0) is 17.2. The molecule has 0 bridgehead atoms. The number of benzene rings is 1. The van der Waals surface area contributed by atoms with Gasteiger partial charge in [0.15, 0.2) is 0 Å². The summed E-state index contributed by atoms with van der Waals surface area (Å²) in [7, 11) is 0. The molecule has 0 unspecified atom stereocenters. The van der Waals surface area contributed by atoms with Crippen molar-refractivity contribution in [3.05, 3.63) is 46.8 Å². The summed E-state index contributed by atoms with van der Waals surface area (Å²) in [5, 5.41) is 9.70. The molecule has 3 nitrogen and oxygen atoms in total. The van der Waals surface area contributed by atoms with E-state index in [2.05, 4.69) is 62.1 Å². The maximum atomic E-state index is 9.70. The Morgan fingerprint density at radius 1 is 1.17 bits per heavy atom. The molecule has 0 spiro atoms. The molecule has 1 saturated heterocycles. The van der Waals surface area contributed by atoms with Gasteiger partial charge in [-0.05, 0) is 38.5 Å². The summed E-state index contributed by atoms with van der Waals surface area (Å²) in [6.45, 7) is 9.92. The van der Waals surface area contributed by atoms with Crippen molar-refractivity contribution >= 4 is 11.3 Å². The van der Waals surface area contributed by atoms with E-state index in [0.717, 1.165) is 13.1 Å². The van der Waals surface area contributed by atoms with Gasteiger partial charge >= 0.3 is 0 Å². The first-order valence-corrected chi connectivity index (χ1v) is 9.41. The van der Waals surface area contributed by atoms with Crippen molar-refractivity contribution in [3.63, 3.8) is 0 Å². The summed E-state index contributed by atoms with van der Waals surface area (Å²) >= 11 is 1.86. The Morgan fingerprint density at radius 2 is 1.88 bits per heavy atom. The molecule has 2 aromatic rings. The third-order valence-electron chi connectivity index (χ3n) is 4.78. The Bertz CT molecular complexity index is 653. The van der Waals surface area contributed by atoms with E-state index < -0.39 is 0 Å². The van der Waals surface area contributed by atoms with Crippen LogP contribution in [-0.2, 0) is 11.3 Å². The van der Waals surface area contributed by atoms with E-state index in [9.17, 15) is 5.11 Å². The summed E-state index contributed by atoms with van der Waals surface area (Å²) in [5.41, 5.74) is 2.51. The normalized spacial score (nSPS) is 16.6. The van der Waals surface area contributed by atoms with E-state index in [1.165, 1.54) is 20.9 Å². The number of aliphatic hydroxyl groups excluding tert-OH is 1. The number of ether oxygens (including phenoxy) is 1. The average molecular weight is 346 g/mol. The molecule has 24 heavy (non-hydrogen) atoms. The predicted octanol–water partition coefficient (Wildman–Crippen LogP) is 3.94. The highest BCUT2D eigenvalue weighted by Crippen LogP contribution is 2.32. The van der Waals surface area contributed by atoms with Gasteiger partial charge in [-0.25, -0.2) is 0 Å². The summed E-state index contributed by atoms with van der Waals surface area (Å²) in [6, 6.07) is 13.6. The van der Waals surface area contributed by atoms with E-state index in [0.29, 0.717) is 19.3 Å². The number of rotatable bonds is 7. The number of hydrogen-bond donors (Lipinski definition) is 1. The number of aryl methyl sites for hydroxylation is 1.